The molecule has 0 aliphatic carbocycles. The van der Waals surface area contributed by atoms with Crippen LogP contribution in [-0.2, 0) is 12.6 Å². The van der Waals surface area contributed by atoms with Gasteiger partial charge in [-0.05, 0) is 6.42 Å². The summed E-state index contributed by atoms with van der Waals surface area (Å²) in [5.74, 6) is -1.07. The van der Waals surface area contributed by atoms with E-state index < -0.39 is 22.7 Å². The number of nitrogens with zero attached hydrogens (tertiary/aromatic N) is 4. The molecule has 0 unspecified atom stereocenters. The van der Waals surface area contributed by atoms with Gasteiger partial charge < -0.3 is 5.11 Å². The summed E-state index contributed by atoms with van der Waals surface area (Å²) in [5, 5.41) is 12.9. The first-order valence-corrected chi connectivity index (χ1v) is 7.80. The first kappa shape index (κ1) is 16.7. The van der Waals surface area contributed by atoms with Gasteiger partial charge in [-0.1, -0.05) is 24.7 Å². The van der Waals surface area contributed by atoms with Crippen molar-refractivity contribution in [1.82, 2.24) is 19.2 Å². The Bertz CT molecular complexity index is 669. The number of hydrogen-bond acceptors (Lipinski definition) is 6. The lowest BCUT2D eigenvalue weighted by molar-refractivity contribution is -0.141. The molecule has 2 heterocycles. The van der Waals surface area contributed by atoms with Gasteiger partial charge in [-0.3, -0.25) is 0 Å². The van der Waals surface area contributed by atoms with Gasteiger partial charge in [0.25, 0.3) is 0 Å². The van der Waals surface area contributed by atoms with Crippen LogP contribution < -0.4 is 0 Å². The fraction of sp³-hybridized carbons (Fsp3) is 0.455. The summed E-state index contributed by atoms with van der Waals surface area (Å²) in [6.07, 6.45) is -0.878. The molecule has 0 saturated carbocycles. The summed E-state index contributed by atoms with van der Waals surface area (Å²) in [4.78, 5) is 17.4. The van der Waals surface area contributed by atoms with Crippen molar-refractivity contribution in [2.24, 2.45) is 0 Å². The summed E-state index contributed by atoms with van der Waals surface area (Å²) in [6, 6.07) is 0. The van der Waals surface area contributed by atoms with E-state index in [0.29, 0.717) is 23.6 Å². The highest BCUT2D eigenvalue weighted by atomic mass is 32.2. The van der Waals surface area contributed by atoms with Crippen LogP contribution in [0, 0.1) is 0 Å². The summed E-state index contributed by atoms with van der Waals surface area (Å²) >= 11 is 1.26. The van der Waals surface area contributed by atoms with Crippen molar-refractivity contribution in [2.75, 3.05) is 0 Å². The smallest absolute Gasteiger partial charge is 0.435 e. The summed E-state index contributed by atoms with van der Waals surface area (Å²) in [6.45, 7) is 2.02. The number of aryl methyl sites for hydroxylation is 1. The molecule has 2 aromatic rings. The zero-order valence-electron chi connectivity index (χ0n) is 11.3. The van der Waals surface area contributed by atoms with Crippen LogP contribution in [0.25, 0.3) is 0 Å². The van der Waals surface area contributed by atoms with Gasteiger partial charge in [-0.2, -0.15) is 17.3 Å². The molecule has 22 heavy (non-hydrogen) atoms. The van der Waals surface area contributed by atoms with Gasteiger partial charge in [0, 0.05) is 18.4 Å². The third kappa shape index (κ3) is 3.97. The highest BCUT2D eigenvalue weighted by Crippen LogP contribution is 2.37. The molecule has 6 nitrogen and oxygen atoms in total. The molecule has 0 fully saturated rings. The molecule has 0 radical (unpaired) electrons. The number of rotatable bonds is 6. The second-order valence-corrected chi connectivity index (χ2v) is 6.42. The number of carbonyl (C=O) groups is 1. The van der Waals surface area contributed by atoms with Crippen LogP contribution in [0.4, 0.5) is 13.2 Å². The standard InChI is InChI=1S/C11H11F3N4O2S2/c1-2-3-4-6-15-5-18(17-6)22-10-16-8(11(12,13)14)7(21-10)9(19)20/h5H,2-4H2,1H3,(H,19,20). The lowest BCUT2D eigenvalue weighted by Gasteiger charge is -2.02. The minimum absolute atomic E-state index is 0.0586. The Morgan fingerprint density at radius 3 is 2.77 bits per heavy atom. The number of unbranched alkanes of at least 4 members (excludes halogenated alkanes) is 1. The average molecular weight is 352 g/mol. The van der Waals surface area contributed by atoms with Crippen LogP contribution in [-0.4, -0.2) is 30.2 Å². The average Bonchev–Trinajstić information content (AvgIpc) is 3.03. The number of carboxylic acid groups (broad SMARTS) is 1. The van der Waals surface area contributed by atoms with Crippen LogP contribution in [0.15, 0.2) is 10.7 Å². The van der Waals surface area contributed by atoms with Crippen LogP contribution in [0.5, 0.6) is 0 Å². The van der Waals surface area contributed by atoms with Crippen molar-refractivity contribution >= 4 is 29.3 Å². The predicted octanol–water partition coefficient (Wildman–Crippen LogP) is 3.35. The van der Waals surface area contributed by atoms with Crippen LogP contribution in [0.1, 0.15) is 41.0 Å². The molecular weight excluding hydrogens is 341 g/mol. The van der Waals surface area contributed by atoms with Gasteiger partial charge in [0.05, 0.1) is 0 Å². The van der Waals surface area contributed by atoms with Gasteiger partial charge in [0.1, 0.15) is 11.2 Å². The topological polar surface area (TPSA) is 80.9 Å². The first-order valence-electron chi connectivity index (χ1n) is 6.21. The molecular formula is C11H11F3N4O2S2. The number of aromatic nitrogens is 4. The maximum Gasteiger partial charge on any atom is 0.435 e. The number of aromatic carboxylic acids is 1. The van der Waals surface area contributed by atoms with E-state index >= 15 is 0 Å². The van der Waals surface area contributed by atoms with Gasteiger partial charge in [0.15, 0.2) is 15.9 Å². The van der Waals surface area contributed by atoms with Gasteiger partial charge in [-0.25, -0.2) is 14.8 Å². The zero-order valence-corrected chi connectivity index (χ0v) is 12.9. The Morgan fingerprint density at radius 2 is 2.23 bits per heavy atom. The largest absolute Gasteiger partial charge is 0.477 e. The van der Waals surface area contributed by atoms with Crippen molar-refractivity contribution in [3.8, 4) is 0 Å². The van der Waals surface area contributed by atoms with Crippen LogP contribution in [0.2, 0.25) is 0 Å². The summed E-state index contributed by atoms with van der Waals surface area (Å²) in [5.41, 5.74) is -1.39. The molecule has 0 aliphatic rings. The molecule has 2 rings (SSSR count). The molecule has 0 bridgehead atoms. The first-order chi connectivity index (χ1) is 10.3. The van der Waals surface area contributed by atoms with Gasteiger partial charge in [-0.15, -0.1) is 5.10 Å². The summed E-state index contributed by atoms with van der Waals surface area (Å²) in [7, 11) is 0. The van der Waals surface area contributed by atoms with Crippen molar-refractivity contribution < 1.29 is 23.1 Å². The highest BCUT2D eigenvalue weighted by Gasteiger charge is 2.39. The lowest BCUT2D eigenvalue weighted by Crippen LogP contribution is -2.11. The van der Waals surface area contributed by atoms with Crippen LogP contribution in [0.3, 0.4) is 0 Å². The monoisotopic (exact) mass is 352 g/mol. The Hall–Kier alpha value is -1.62. The van der Waals surface area contributed by atoms with Gasteiger partial charge >= 0.3 is 12.1 Å². The fourth-order valence-electron chi connectivity index (χ4n) is 1.53. The van der Waals surface area contributed by atoms with E-state index in [1.54, 1.807) is 0 Å². The van der Waals surface area contributed by atoms with E-state index in [1.165, 1.54) is 10.4 Å². The molecule has 0 amide bonds. The summed E-state index contributed by atoms with van der Waals surface area (Å²) < 4.78 is 39.4. The van der Waals surface area contributed by atoms with Crippen LogP contribution >= 0.6 is 23.3 Å². The predicted molar refractivity (Wildman–Crippen MR) is 74.0 cm³/mol. The third-order valence-corrected chi connectivity index (χ3v) is 4.44. The van der Waals surface area contributed by atoms with E-state index in [9.17, 15) is 18.0 Å². The number of thiazole rings is 1. The number of carboxylic acids is 1. The molecule has 0 atom stereocenters. The van der Waals surface area contributed by atoms with Crippen molar-refractivity contribution in [3.05, 3.63) is 22.7 Å². The third-order valence-electron chi connectivity index (χ3n) is 2.52. The van der Waals surface area contributed by atoms with E-state index in [1.807, 2.05) is 6.92 Å². The lowest BCUT2D eigenvalue weighted by atomic mass is 10.2. The highest BCUT2D eigenvalue weighted by molar-refractivity contribution is 7.99. The second kappa shape index (κ2) is 6.65. The molecule has 120 valence electrons. The fourth-order valence-corrected chi connectivity index (χ4v) is 3.34. The molecule has 2 aromatic heterocycles. The minimum atomic E-state index is -4.81. The zero-order chi connectivity index (χ0) is 16.3. The van der Waals surface area contributed by atoms with Crippen molar-refractivity contribution in [3.63, 3.8) is 0 Å². The number of alkyl halides is 3. The Labute approximate surface area is 131 Å². The van der Waals surface area contributed by atoms with E-state index in [2.05, 4.69) is 15.1 Å². The van der Waals surface area contributed by atoms with Gasteiger partial charge in [0.2, 0.25) is 0 Å². The Kier molecular flexibility index (Phi) is 5.06. The molecule has 0 aliphatic heterocycles. The number of hydrogen-bond donors (Lipinski definition) is 1. The second-order valence-electron chi connectivity index (χ2n) is 4.22. The molecule has 0 aromatic carbocycles. The maximum atomic E-state index is 12.7. The molecule has 0 spiro atoms. The normalized spacial score (nSPS) is 11.8. The molecule has 0 saturated heterocycles. The minimum Gasteiger partial charge on any atom is -0.477 e. The Morgan fingerprint density at radius 1 is 1.50 bits per heavy atom. The van der Waals surface area contributed by atoms with E-state index in [4.69, 9.17) is 5.11 Å². The van der Waals surface area contributed by atoms with Crippen molar-refractivity contribution in [2.45, 2.75) is 36.7 Å². The molecule has 1 N–H and O–H groups in total. The molecule has 11 heteroatoms. The Balaban J connectivity index is 2.19. The quantitative estimate of drug-likeness (QED) is 0.859. The van der Waals surface area contributed by atoms with E-state index in [-0.39, 0.29) is 4.34 Å². The SMILES string of the molecule is CCCCc1ncn(Sc2nc(C(F)(F)F)c(C(=O)O)s2)n1. The maximum absolute atomic E-state index is 12.7. The van der Waals surface area contributed by atoms with E-state index in [0.717, 1.165) is 24.8 Å². The van der Waals surface area contributed by atoms with Crippen molar-refractivity contribution in [1.29, 1.82) is 0 Å². The number of halogens is 3.